The molecule has 9 heteroatoms. The third kappa shape index (κ3) is 2.81. The van der Waals surface area contributed by atoms with Gasteiger partial charge in [-0.05, 0) is 18.2 Å². The van der Waals surface area contributed by atoms with Crippen LogP contribution in [0.2, 0.25) is 0 Å². The van der Waals surface area contributed by atoms with Gasteiger partial charge in [0.1, 0.15) is 17.0 Å². The van der Waals surface area contributed by atoms with Gasteiger partial charge in [-0.25, -0.2) is 18.2 Å². The first-order chi connectivity index (χ1) is 11.3. The van der Waals surface area contributed by atoms with Crippen molar-refractivity contribution in [3.05, 3.63) is 48.2 Å². The van der Waals surface area contributed by atoms with Gasteiger partial charge >= 0.3 is 6.18 Å². The molecule has 24 heavy (non-hydrogen) atoms. The smallest absolute Gasteiger partial charge is 0.314 e. The largest absolute Gasteiger partial charge is 0.449 e. The predicted octanol–water partition coefficient (Wildman–Crippen LogP) is 4.52. The molecule has 0 fully saturated rings. The number of fused-ring (bicyclic) bond motifs is 1. The summed E-state index contributed by atoms with van der Waals surface area (Å²) in [6.07, 6.45) is -6.80. The Labute approximate surface area is 131 Å². The first-order valence-electron chi connectivity index (χ1n) is 6.74. The standard InChI is InChI=1S/C15H9F6N3/c16-9-4-2-1-3-8(9)12-13-10(5-6-22-12)24(7-11(17)18)14(23-13)15(19,20)21/h1-6,11H,7H2. The van der Waals surface area contributed by atoms with E-state index in [0.717, 1.165) is 18.3 Å². The molecular weight excluding hydrogens is 336 g/mol. The summed E-state index contributed by atoms with van der Waals surface area (Å²) in [6.45, 7) is -1.17. The number of aromatic nitrogens is 3. The van der Waals surface area contributed by atoms with Crippen LogP contribution in [0.15, 0.2) is 36.5 Å². The SMILES string of the molecule is Fc1ccccc1-c1nccc2c1nc(C(F)(F)F)n2CC(F)F. The Kier molecular flexibility index (Phi) is 3.94. The number of nitrogens with zero attached hydrogens (tertiary/aromatic N) is 3. The second-order valence-electron chi connectivity index (χ2n) is 4.94. The van der Waals surface area contributed by atoms with Crippen LogP contribution in [0.1, 0.15) is 5.82 Å². The molecule has 0 spiro atoms. The molecule has 0 aliphatic heterocycles. The van der Waals surface area contributed by atoms with Gasteiger partial charge in [0.05, 0.1) is 12.1 Å². The van der Waals surface area contributed by atoms with Crippen LogP contribution in [-0.4, -0.2) is 21.0 Å². The summed E-state index contributed by atoms with van der Waals surface area (Å²) in [6, 6.07) is 6.49. The Balaban J connectivity index is 2.32. The molecule has 3 rings (SSSR count). The fraction of sp³-hybridized carbons (Fsp3) is 0.200. The molecule has 126 valence electrons. The summed E-state index contributed by atoms with van der Waals surface area (Å²) in [7, 11) is 0. The molecule has 0 unspecified atom stereocenters. The number of hydrogen-bond acceptors (Lipinski definition) is 2. The molecule has 0 amide bonds. The van der Waals surface area contributed by atoms with Crippen molar-refractivity contribution >= 4 is 11.0 Å². The van der Waals surface area contributed by atoms with Crippen LogP contribution in [0.3, 0.4) is 0 Å². The molecular formula is C15H9F6N3. The van der Waals surface area contributed by atoms with Crippen molar-refractivity contribution in [2.24, 2.45) is 0 Å². The maximum atomic E-state index is 13.9. The Bertz CT molecular complexity index is 885. The van der Waals surface area contributed by atoms with E-state index < -0.39 is 30.8 Å². The average Bonchev–Trinajstić information content (AvgIpc) is 2.86. The Morgan fingerprint density at radius 1 is 1.08 bits per heavy atom. The fourth-order valence-corrected chi connectivity index (χ4v) is 2.44. The number of halogens is 6. The molecule has 0 aliphatic carbocycles. The highest BCUT2D eigenvalue weighted by Crippen LogP contribution is 2.35. The first kappa shape index (κ1) is 16.3. The van der Waals surface area contributed by atoms with E-state index in [2.05, 4.69) is 9.97 Å². The van der Waals surface area contributed by atoms with Gasteiger partial charge in [0.15, 0.2) is 0 Å². The molecule has 0 atom stereocenters. The van der Waals surface area contributed by atoms with Crippen molar-refractivity contribution in [2.45, 2.75) is 19.1 Å². The Hall–Kier alpha value is -2.58. The number of rotatable bonds is 3. The van der Waals surface area contributed by atoms with E-state index >= 15 is 0 Å². The van der Waals surface area contributed by atoms with Gasteiger partial charge in [-0.1, -0.05) is 12.1 Å². The lowest BCUT2D eigenvalue weighted by Crippen LogP contribution is -2.17. The summed E-state index contributed by atoms with van der Waals surface area (Å²) in [4.78, 5) is 7.31. The van der Waals surface area contributed by atoms with Gasteiger partial charge in [0, 0.05) is 11.8 Å². The highest BCUT2D eigenvalue weighted by Gasteiger charge is 2.38. The molecule has 0 N–H and O–H groups in total. The summed E-state index contributed by atoms with van der Waals surface area (Å²) in [5.74, 6) is -2.17. The van der Waals surface area contributed by atoms with Gasteiger partial charge in [-0.15, -0.1) is 0 Å². The second-order valence-corrected chi connectivity index (χ2v) is 4.94. The molecule has 0 radical (unpaired) electrons. The lowest BCUT2D eigenvalue weighted by molar-refractivity contribution is -0.147. The minimum absolute atomic E-state index is 0.0569. The molecule has 2 aromatic heterocycles. The zero-order valence-corrected chi connectivity index (χ0v) is 11.9. The van der Waals surface area contributed by atoms with Crippen LogP contribution in [-0.2, 0) is 12.7 Å². The van der Waals surface area contributed by atoms with E-state index in [1.165, 1.54) is 18.2 Å². The van der Waals surface area contributed by atoms with Crippen LogP contribution in [0, 0.1) is 5.82 Å². The maximum Gasteiger partial charge on any atom is 0.449 e. The lowest BCUT2D eigenvalue weighted by atomic mass is 10.1. The van der Waals surface area contributed by atoms with E-state index in [-0.39, 0.29) is 22.3 Å². The molecule has 3 aromatic rings. The zero-order chi connectivity index (χ0) is 17.5. The average molecular weight is 345 g/mol. The van der Waals surface area contributed by atoms with Crippen LogP contribution in [0.4, 0.5) is 26.3 Å². The molecule has 1 aromatic carbocycles. The number of pyridine rings is 1. The predicted molar refractivity (Wildman–Crippen MR) is 73.9 cm³/mol. The number of imidazole rings is 1. The highest BCUT2D eigenvalue weighted by molar-refractivity contribution is 5.90. The molecule has 0 saturated carbocycles. The van der Waals surface area contributed by atoms with Gasteiger partial charge in [-0.3, -0.25) is 4.98 Å². The Morgan fingerprint density at radius 3 is 2.42 bits per heavy atom. The van der Waals surface area contributed by atoms with Crippen LogP contribution >= 0.6 is 0 Å². The molecule has 2 heterocycles. The second kappa shape index (κ2) is 5.81. The Morgan fingerprint density at radius 2 is 1.79 bits per heavy atom. The summed E-state index contributed by atoms with van der Waals surface area (Å²) in [5, 5.41) is 0. The third-order valence-electron chi connectivity index (χ3n) is 3.37. The topological polar surface area (TPSA) is 30.7 Å². The molecule has 0 saturated heterocycles. The quantitative estimate of drug-likeness (QED) is 0.654. The molecule has 0 bridgehead atoms. The third-order valence-corrected chi connectivity index (χ3v) is 3.37. The highest BCUT2D eigenvalue weighted by atomic mass is 19.4. The molecule has 0 aliphatic rings. The van der Waals surface area contributed by atoms with Crippen molar-refractivity contribution in [1.82, 2.24) is 14.5 Å². The van der Waals surface area contributed by atoms with Gasteiger partial charge in [0.25, 0.3) is 6.43 Å². The lowest BCUT2D eigenvalue weighted by Gasteiger charge is -2.10. The van der Waals surface area contributed by atoms with Crippen molar-refractivity contribution in [3.8, 4) is 11.3 Å². The minimum atomic E-state index is -4.93. The van der Waals surface area contributed by atoms with Gasteiger partial charge < -0.3 is 4.57 Å². The van der Waals surface area contributed by atoms with Gasteiger partial charge in [-0.2, -0.15) is 13.2 Å². The number of hydrogen-bond donors (Lipinski definition) is 0. The maximum absolute atomic E-state index is 13.9. The zero-order valence-electron chi connectivity index (χ0n) is 11.9. The van der Waals surface area contributed by atoms with E-state index in [1.807, 2.05) is 0 Å². The van der Waals surface area contributed by atoms with Crippen LogP contribution < -0.4 is 0 Å². The van der Waals surface area contributed by atoms with E-state index in [4.69, 9.17) is 0 Å². The number of alkyl halides is 5. The molecule has 3 nitrogen and oxygen atoms in total. The summed E-state index contributed by atoms with van der Waals surface area (Å²) >= 11 is 0. The van der Waals surface area contributed by atoms with E-state index in [0.29, 0.717) is 4.57 Å². The fourth-order valence-electron chi connectivity index (χ4n) is 2.44. The van der Waals surface area contributed by atoms with Crippen molar-refractivity contribution in [1.29, 1.82) is 0 Å². The van der Waals surface area contributed by atoms with Crippen LogP contribution in [0.5, 0.6) is 0 Å². The van der Waals surface area contributed by atoms with Crippen molar-refractivity contribution in [2.75, 3.05) is 0 Å². The van der Waals surface area contributed by atoms with Crippen molar-refractivity contribution < 1.29 is 26.3 Å². The first-order valence-corrected chi connectivity index (χ1v) is 6.74. The summed E-state index contributed by atoms with van der Waals surface area (Å²) < 4.78 is 79.1. The van der Waals surface area contributed by atoms with Gasteiger partial charge in [0.2, 0.25) is 5.82 Å². The monoisotopic (exact) mass is 345 g/mol. The normalized spacial score (nSPS) is 12.3. The van der Waals surface area contributed by atoms with E-state index in [9.17, 15) is 26.3 Å². The van der Waals surface area contributed by atoms with Crippen LogP contribution in [0.25, 0.3) is 22.3 Å². The minimum Gasteiger partial charge on any atom is -0.314 e. The van der Waals surface area contributed by atoms with Crippen molar-refractivity contribution in [3.63, 3.8) is 0 Å². The summed E-state index contributed by atoms with van der Waals surface area (Å²) in [5.41, 5.74) is -0.658. The van der Waals surface area contributed by atoms with E-state index in [1.54, 1.807) is 0 Å². The number of benzene rings is 1.